The molecule has 0 aliphatic heterocycles. The topological polar surface area (TPSA) is 52.6 Å². The molecule has 2 aromatic carbocycles. The second-order valence-corrected chi connectivity index (χ2v) is 8.81. The normalized spacial score (nSPS) is 21.3. The molecule has 146 valence electrons. The van der Waals surface area contributed by atoms with E-state index in [0.717, 1.165) is 49.0 Å². The Balaban J connectivity index is 1.92. The molecule has 27 heavy (non-hydrogen) atoms. The lowest BCUT2D eigenvalue weighted by Crippen LogP contribution is -2.27. The third-order valence-electron chi connectivity index (χ3n) is 5.30. The number of benzene rings is 2. The second-order valence-electron chi connectivity index (χ2n) is 7.24. The number of methoxy groups -OCH3 is 1. The van der Waals surface area contributed by atoms with Gasteiger partial charge in [0.05, 0.1) is 18.1 Å². The number of hydrogen-bond donors (Lipinski definition) is 0. The van der Waals surface area contributed by atoms with Crippen LogP contribution in [-0.4, -0.2) is 21.6 Å². The van der Waals surface area contributed by atoms with Crippen molar-refractivity contribution in [3.8, 4) is 5.75 Å². The van der Waals surface area contributed by atoms with Gasteiger partial charge in [0.2, 0.25) is 0 Å². The lowest BCUT2D eigenvalue weighted by molar-refractivity contribution is 0.148. The lowest BCUT2D eigenvalue weighted by atomic mass is 9.83. The molecule has 0 bridgehead atoms. The molecule has 3 rings (SSSR count). The highest BCUT2D eigenvalue weighted by molar-refractivity contribution is 7.86. The third kappa shape index (κ3) is 4.90. The van der Waals surface area contributed by atoms with Crippen LogP contribution in [-0.2, 0) is 14.3 Å². The van der Waals surface area contributed by atoms with E-state index in [-0.39, 0.29) is 16.9 Å². The zero-order valence-electron chi connectivity index (χ0n) is 16.1. The molecule has 1 fully saturated rings. The van der Waals surface area contributed by atoms with Gasteiger partial charge in [-0.25, -0.2) is 0 Å². The van der Waals surface area contributed by atoms with Gasteiger partial charge in [-0.05, 0) is 43.5 Å². The molecule has 1 aliphatic carbocycles. The molecule has 0 saturated heterocycles. The van der Waals surface area contributed by atoms with E-state index in [9.17, 15) is 8.42 Å². The smallest absolute Gasteiger partial charge is 0.297 e. The minimum Gasteiger partial charge on any atom is -0.496 e. The first-order chi connectivity index (χ1) is 13.0. The SMILES string of the molecule is COc1ccccc1C1CCCCCCC1OS(=O)(=O)c1ccc(C)cc1. The molecule has 5 heteroatoms. The van der Waals surface area contributed by atoms with Crippen molar-refractivity contribution in [3.63, 3.8) is 0 Å². The van der Waals surface area contributed by atoms with Crippen molar-refractivity contribution in [2.24, 2.45) is 0 Å². The highest BCUT2D eigenvalue weighted by Crippen LogP contribution is 2.38. The number of aryl methyl sites for hydroxylation is 1. The molecule has 1 saturated carbocycles. The van der Waals surface area contributed by atoms with E-state index >= 15 is 0 Å². The van der Waals surface area contributed by atoms with Crippen LogP contribution in [0.15, 0.2) is 53.4 Å². The number of rotatable bonds is 5. The zero-order chi connectivity index (χ0) is 19.3. The van der Waals surface area contributed by atoms with Crippen LogP contribution >= 0.6 is 0 Å². The maximum absolute atomic E-state index is 12.9. The van der Waals surface area contributed by atoms with Gasteiger partial charge in [0, 0.05) is 5.92 Å². The van der Waals surface area contributed by atoms with E-state index in [1.807, 2.05) is 31.2 Å². The summed E-state index contributed by atoms with van der Waals surface area (Å²) >= 11 is 0. The molecular formula is C22H28O4S. The molecule has 0 heterocycles. The first kappa shape index (κ1) is 19.9. The van der Waals surface area contributed by atoms with E-state index in [2.05, 4.69) is 0 Å². The van der Waals surface area contributed by atoms with Gasteiger partial charge >= 0.3 is 0 Å². The quantitative estimate of drug-likeness (QED) is 0.659. The Hall–Kier alpha value is -1.85. The predicted molar refractivity (Wildman–Crippen MR) is 107 cm³/mol. The summed E-state index contributed by atoms with van der Waals surface area (Å²) in [5, 5.41) is 0. The number of para-hydroxylation sites is 1. The van der Waals surface area contributed by atoms with Crippen LogP contribution in [0.3, 0.4) is 0 Å². The zero-order valence-corrected chi connectivity index (χ0v) is 16.9. The molecule has 0 aromatic heterocycles. The molecule has 0 amide bonds. The molecule has 2 aromatic rings. The molecule has 0 N–H and O–H groups in total. The van der Waals surface area contributed by atoms with Crippen molar-refractivity contribution in [2.75, 3.05) is 7.11 Å². The number of hydrogen-bond acceptors (Lipinski definition) is 4. The van der Waals surface area contributed by atoms with Gasteiger partial charge in [-0.1, -0.05) is 61.6 Å². The van der Waals surface area contributed by atoms with Gasteiger partial charge in [0.25, 0.3) is 10.1 Å². The second kappa shape index (κ2) is 8.89. The molecule has 2 unspecified atom stereocenters. The fourth-order valence-corrected chi connectivity index (χ4v) is 4.95. The van der Waals surface area contributed by atoms with Gasteiger partial charge < -0.3 is 4.74 Å². The van der Waals surface area contributed by atoms with Crippen LogP contribution in [0.25, 0.3) is 0 Å². The van der Waals surface area contributed by atoms with Crippen molar-refractivity contribution < 1.29 is 17.3 Å². The minimum atomic E-state index is -3.81. The van der Waals surface area contributed by atoms with Crippen molar-refractivity contribution in [3.05, 3.63) is 59.7 Å². The van der Waals surface area contributed by atoms with Crippen LogP contribution in [0.4, 0.5) is 0 Å². The summed E-state index contributed by atoms with van der Waals surface area (Å²) in [6.07, 6.45) is 5.56. The molecule has 1 aliphatic rings. The van der Waals surface area contributed by atoms with E-state index < -0.39 is 10.1 Å². The predicted octanol–water partition coefficient (Wildman–Crippen LogP) is 5.22. The summed E-state index contributed by atoms with van der Waals surface area (Å²) in [7, 11) is -2.15. The summed E-state index contributed by atoms with van der Waals surface area (Å²) < 4.78 is 37.1. The Kier molecular flexibility index (Phi) is 6.55. The summed E-state index contributed by atoms with van der Waals surface area (Å²) in [5.74, 6) is 0.797. The van der Waals surface area contributed by atoms with Crippen molar-refractivity contribution in [1.82, 2.24) is 0 Å². The van der Waals surface area contributed by atoms with Gasteiger partial charge in [0.1, 0.15) is 5.75 Å². The van der Waals surface area contributed by atoms with Crippen LogP contribution in [0.2, 0.25) is 0 Å². The highest BCUT2D eigenvalue weighted by Gasteiger charge is 2.32. The monoisotopic (exact) mass is 388 g/mol. The molecule has 0 radical (unpaired) electrons. The van der Waals surface area contributed by atoms with Gasteiger partial charge in [0.15, 0.2) is 0 Å². The summed E-state index contributed by atoms with van der Waals surface area (Å²) in [6, 6.07) is 14.7. The molecule has 2 atom stereocenters. The van der Waals surface area contributed by atoms with E-state index in [4.69, 9.17) is 8.92 Å². The molecule has 0 spiro atoms. The fraction of sp³-hybridized carbons (Fsp3) is 0.455. The summed E-state index contributed by atoms with van der Waals surface area (Å²) in [6.45, 7) is 1.93. The fourth-order valence-electron chi connectivity index (χ4n) is 3.82. The average Bonchev–Trinajstić information content (AvgIpc) is 2.64. The van der Waals surface area contributed by atoms with Crippen molar-refractivity contribution in [1.29, 1.82) is 0 Å². The van der Waals surface area contributed by atoms with Crippen LogP contribution < -0.4 is 4.74 Å². The molecular weight excluding hydrogens is 360 g/mol. The first-order valence-electron chi connectivity index (χ1n) is 9.64. The Morgan fingerprint density at radius 1 is 0.889 bits per heavy atom. The largest absolute Gasteiger partial charge is 0.496 e. The maximum atomic E-state index is 12.9. The lowest BCUT2D eigenvalue weighted by Gasteiger charge is -2.30. The molecule has 4 nitrogen and oxygen atoms in total. The Morgan fingerprint density at radius 3 is 2.26 bits per heavy atom. The summed E-state index contributed by atoms with van der Waals surface area (Å²) in [4.78, 5) is 0.217. The minimum absolute atomic E-state index is 0.00155. The Morgan fingerprint density at radius 2 is 1.56 bits per heavy atom. The van der Waals surface area contributed by atoms with Gasteiger partial charge in [-0.3, -0.25) is 4.18 Å². The average molecular weight is 389 g/mol. The number of ether oxygens (including phenoxy) is 1. The van der Waals surface area contributed by atoms with Crippen LogP contribution in [0.1, 0.15) is 55.6 Å². The van der Waals surface area contributed by atoms with Crippen LogP contribution in [0.5, 0.6) is 5.75 Å². The Bertz CT molecular complexity index is 843. The highest BCUT2D eigenvalue weighted by atomic mass is 32.2. The van der Waals surface area contributed by atoms with E-state index in [0.29, 0.717) is 0 Å². The van der Waals surface area contributed by atoms with Gasteiger partial charge in [-0.2, -0.15) is 8.42 Å². The van der Waals surface area contributed by atoms with Gasteiger partial charge in [-0.15, -0.1) is 0 Å². The standard InChI is InChI=1S/C22H28O4S/c1-17-13-15-18(16-14-17)27(23,24)26-22-12-6-4-3-5-9-20(22)19-10-7-8-11-21(19)25-2/h7-8,10-11,13-16,20,22H,3-6,9,12H2,1-2H3. The summed E-state index contributed by atoms with van der Waals surface area (Å²) in [5.41, 5.74) is 2.05. The van der Waals surface area contributed by atoms with Crippen molar-refractivity contribution >= 4 is 10.1 Å². The van der Waals surface area contributed by atoms with E-state index in [1.165, 1.54) is 6.42 Å². The Labute approximate surface area is 162 Å². The van der Waals surface area contributed by atoms with E-state index in [1.54, 1.807) is 31.4 Å². The van der Waals surface area contributed by atoms with Crippen LogP contribution in [0, 0.1) is 6.92 Å². The van der Waals surface area contributed by atoms with Crippen molar-refractivity contribution in [2.45, 2.75) is 62.4 Å². The third-order valence-corrected chi connectivity index (χ3v) is 6.65. The first-order valence-corrected chi connectivity index (χ1v) is 11.0. The maximum Gasteiger partial charge on any atom is 0.297 e.